The Kier molecular flexibility index (Phi) is 5.34. The molecule has 1 saturated heterocycles. The quantitative estimate of drug-likeness (QED) is 0.736. The Morgan fingerprint density at radius 2 is 1.94 bits per heavy atom. The van der Waals surface area contributed by atoms with E-state index in [9.17, 15) is 10.1 Å². The van der Waals surface area contributed by atoms with Gasteiger partial charge in [-0.15, -0.1) is 0 Å². The van der Waals surface area contributed by atoms with E-state index in [0.29, 0.717) is 81.0 Å². The van der Waals surface area contributed by atoms with Gasteiger partial charge >= 0.3 is 0 Å². The van der Waals surface area contributed by atoms with Crippen LogP contribution < -0.4 is 14.8 Å². The normalized spacial score (nSPS) is 18.7. The number of carbonyl (C=O) groups is 1. The number of carbonyl (C=O) groups excluding carboxylic acids is 1. The highest BCUT2D eigenvalue weighted by molar-refractivity contribution is 5.98. The number of hydrogen-bond donors (Lipinski definition) is 1. The van der Waals surface area contributed by atoms with Crippen LogP contribution in [0.2, 0.25) is 0 Å². The molecular weight excluding hydrogens is 432 g/mol. The number of fused-ring (bicyclic) bond motifs is 2. The highest BCUT2D eigenvalue weighted by Crippen LogP contribution is 2.40. The Hall–Kier alpha value is -3.57. The average molecular weight is 459 g/mol. The number of anilines is 1. The van der Waals surface area contributed by atoms with Crippen molar-refractivity contribution in [2.75, 3.05) is 44.8 Å². The van der Waals surface area contributed by atoms with Crippen molar-refractivity contribution < 1.29 is 19.0 Å². The molecule has 0 spiro atoms. The van der Waals surface area contributed by atoms with Gasteiger partial charge in [-0.05, 0) is 25.0 Å². The Morgan fingerprint density at radius 3 is 2.71 bits per heavy atom. The van der Waals surface area contributed by atoms with E-state index in [0.717, 1.165) is 41.0 Å². The van der Waals surface area contributed by atoms with Crippen molar-refractivity contribution in [3.63, 3.8) is 0 Å². The number of benzene rings is 1. The molecule has 2 aliphatic carbocycles. The number of morpholine rings is 1. The minimum atomic E-state index is -0.0571. The van der Waals surface area contributed by atoms with E-state index in [1.165, 1.54) is 0 Å². The van der Waals surface area contributed by atoms with Crippen LogP contribution in [0.1, 0.15) is 45.7 Å². The van der Waals surface area contributed by atoms with Gasteiger partial charge in [0.2, 0.25) is 0 Å². The Morgan fingerprint density at radius 1 is 1.15 bits per heavy atom. The summed E-state index contributed by atoms with van der Waals surface area (Å²) in [6.07, 6.45) is 5.46. The van der Waals surface area contributed by atoms with Gasteiger partial charge in [0.05, 0.1) is 36.1 Å². The number of hydrogen-bond acceptors (Lipinski definition) is 7. The molecule has 8 heteroatoms. The van der Waals surface area contributed by atoms with Crippen LogP contribution >= 0.6 is 0 Å². The summed E-state index contributed by atoms with van der Waals surface area (Å²) in [7, 11) is 0. The molecule has 1 N–H and O–H groups in total. The van der Waals surface area contributed by atoms with Gasteiger partial charge in [-0.3, -0.25) is 9.78 Å². The maximum Gasteiger partial charge on any atom is 0.257 e. The second-order valence-electron chi connectivity index (χ2n) is 9.04. The van der Waals surface area contributed by atoms with Crippen LogP contribution in [-0.4, -0.2) is 61.3 Å². The summed E-state index contributed by atoms with van der Waals surface area (Å²) >= 11 is 0. The molecule has 1 amide bonds. The first-order valence-corrected chi connectivity index (χ1v) is 11.9. The third-order valence-electron chi connectivity index (χ3n) is 6.64. The molecule has 34 heavy (non-hydrogen) atoms. The summed E-state index contributed by atoms with van der Waals surface area (Å²) in [5.41, 5.74) is 5.91. The molecule has 2 aromatic rings. The highest BCUT2D eigenvalue weighted by atomic mass is 16.6. The van der Waals surface area contributed by atoms with E-state index in [1.807, 2.05) is 18.2 Å². The smallest absolute Gasteiger partial charge is 0.257 e. The molecule has 6 rings (SSSR count). The summed E-state index contributed by atoms with van der Waals surface area (Å²) in [4.78, 5) is 19.9. The van der Waals surface area contributed by atoms with E-state index in [1.54, 1.807) is 4.90 Å². The second-order valence-corrected chi connectivity index (χ2v) is 9.04. The van der Waals surface area contributed by atoms with Gasteiger partial charge in [-0.2, -0.15) is 5.26 Å². The average Bonchev–Trinajstić information content (AvgIpc) is 3.60. The van der Waals surface area contributed by atoms with Gasteiger partial charge in [-0.25, -0.2) is 0 Å². The lowest BCUT2D eigenvalue weighted by atomic mass is 10.0. The number of nitrogens with one attached hydrogen (secondary N) is 1. The first kappa shape index (κ1) is 21.0. The molecule has 174 valence electrons. The molecule has 0 bridgehead atoms. The van der Waals surface area contributed by atoms with E-state index < -0.39 is 0 Å². The molecule has 1 saturated carbocycles. The maximum atomic E-state index is 13.2. The van der Waals surface area contributed by atoms with E-state index in [2.05, 4.69) is 17.5 Å². The summed E-state index contributed by atoms with van der Waals surface area (Å²) < 4.78 is 17.4. The maximum absolute atomic E-state index is 13.2. The van der Waals surface area contributed by atoms with Gasteiger partial charge < -0.3 is 24.4 Å². The lowest BCUT2D eigenvalue weighted by Gasteiger charge is -2.29. The highest BCUT2D eigenvalue weighted by Gasteiger charge is 2.29. The molecular formula is C26H26N4O4. The van der Waals surface area contributed by atoms with Crippen LogP contribution in [-0.2, 0) is 17.6 Å². The summed E-state index contributed by atoms with van der Waals surface area (Å²) in [5, 5.41) is 13.1. The molecule has 0 radical (unpaired) electrons. The van der Waals surface area contributed by atoms with Crippen molar-refractivity contribution >= 4 is 17.2 Å². The van der Waals surface area contributed by atoms with Crippen LogP contribution in [0.3, 0.4) is 0 Å². The van der Waals surface area contributed by atoms with Crippen molar-refractivity contribution in [3.8, 4) is 17.6 Å². The lowest BCUT2D eigenvalue weighted by molar-refractivity contribution is 0.0298. The van der Waals surface area contributed by atoms with Crippen molar-refractivity contribution in [3.05, 3.63) is 52.4 Å². The summed E-state index contributed by atoms with van der Waals surface area (Å²) in [6.45, 7) is 3.10. The fraction of sp³-hybridized carbons (Fsp3) is 0.423. The Bertz CT molecular complexity index is 1220. The number of amides is 1. The lowest BCUT2D eigenvalue weighted by Crippen LogP contribution is -2.41. The number of nitriles is 1. The Balaban J connectivity index is 1.33. The fourth-order valence-corrected chi connectivity index (χ4v) is 4.79. The van der Waals surface area contributed by atoms with Crippen LogP contribution in [0.5, 0.6) is 11.5 Å². The molecule has 1 aromatic heterocycles. The van der Waals surface area contributed by atoms with Crippen LogP contribution in [0.4, 0.5) is 5.69 Å². The topological polar surface area (TPSA) is 96.7 Å². The van der Waals surface area contributed by atoms with Crippen molar-refractivity contribution in [1.29, 1.82) is 5.26 Å². The summed E-state index contributed by atoms with van der Waals surface area (Å²) in [5.74, 6) is 1.09. The molecule has 0 atom stereocenters. The van der Waals surface area contributed by atoms with Crippen LogP contribution in [0.25, 0.3) is 5.57 Å². The molecule has 2 fully saturated rings. The number of nitrogens with zero attached hydrogens (tertiary/aromatic N) is 3. The zero-order valence-corrected chi connectivity index (χ0v) is 18.9. The minimum absolute atomic E-state index is 0.0571. The number of pyridine rings is 1. The fourth-order valence-electron chi connectivity index (χ4n) is 4.79. The Labute approximate surface area is 198 Å². The van der Waals surface area contributed by atoms with Crippen molar-refractivity contribution in [1.82, 2.24) is 9.88 Å². The van der Waals surface area contributed by atoms with Gasteiger partial charge in [0.15, 0.2) is 11.5 Å². The molecule has 3 heterocycles. The predicted molar refractivity (Wildman–Crippen MR) is 125 cm³/mol. The molecule has 2 aliphatic heterocycles. The zero-order valence-electron chi connectivity index (χ0n) is 18.9. The van der Waals surface area contributed by atoms with Gasteiger partial charge in [0.1, 0.15) is 13.2 Å². The first-order chi connectivity index (χ1) is 16.7. The third kappa shape index (κ3) is 3.86. The molecule has 1 aromatic carbocycles. The van der Waals surface area contributed by atoms with Gasteiger partial charge in [0, 0.05) is 54.5 Å². The van der Waals surface area contributed by atoms with Crippen molar-refractivity contribution in [2.24, 2.45) is 0 Å². The van der Waals surface area contributed by atoms with Gasteiger partial charge in [0.25, 0.3) is 5.91 Å². The monoisotopic (exact) mass is 458 g/mol. The summed E-state index contributed by atoms with van der Waals surface area (Å²) in [6, 6.07) is 8.62. The number of aromatic nitrogens is 1. The molecule has 8 nitrogen and oxygen atoms in total. The second kappa shape index (κ2) is 8.65. The number of allylic oxidation sites excluding steroid dienone is 2. The van der Waals surface area contributed by atoms with E-state index in [4.69, 9.17) is 19.2 Å². The number of ether oxygens (including phenoxy) is 3. The van der Waals surface area contributed by atoms with Crippen LogP contribution in [0.15, 0.2) is 24.3 Å². The minimum Gasteiger partial charge on any atom is -0.486 e. The SMILES string of the molecule is N#CC1=CCc2nc(Cc3ccc(C(=O)N4CCOCC4)c4c3OCCO4)cc(NC3CC3)c21. The predicted octanol–water partition coefficient (Wildman–Crippen LogP) is 2.95. The molecule has 0 unspecified atom stereocenters. The van der Waals surface area contributed by atoms with Crippen LogP contribution in [0, 0.1) is 11.3 Å². The van der Waals surface area contributed by atoms with E-state index in [-0.39, 0.29) is 5.91 Å². The first-order valence-electron chi connectivity index (χ1n) is 11.9. The van der Waals surface area contributed by atoms with E-state index >= 15 is 0 Å². The standard InChI is InChI=1S/C26H26N4O4/c27-15-17-2-6-21-23(17)22(28-18-3-4-18)14-19(29-21)13-16-1-5-20(25-24(16)33-11-12-34-25)26(31)30-7-9-32-10-8-30/h1-2,5,14,18H,3-4,6-13H2,(H,28,29). The van der Waals surface area contributed by atoms with Gasteiger partial charge in [-0.1, -0.05) is 12.1 Å². The third-order valence-corrected chi connectivity index (χ3v) is 6.64. The zero-order chi connectivity index (χ0) is 23.1. The largest absolute Gasteiger partial charge is 0.486 e. The molecule has 4 aliphatic rings. The van der Waals surface area contributed by atoms with Crippen molar-refractivity contribution in [2.45, 2.75) is 31.7 Å². The number of rotatable bonds is 5.